The number of hydrogen-bond donors (Lipinski definition) is 2. The molecule has 8 nitrogen and oxygen atoms in total. The molecule has 32 heavy (non-hydrogen) atoms. The molecule has 0 radical (unpaired) electrons. The molecule has 0 aromatic heterocycles. The van der Waals surface area contributed by atoms with Gasteiger partial charge in [0.15, 0.2) is 5.78 Å². The predicted octanol–water partition coefficient (Wildman–Crippen LogP) is 3.22. The summed E-state index contributed by atoms with van der Waals surface area (Å²) >= 11 is 0. The highest BCUT2D eigenvalue weighted by atomic mass is 32.2. The highest BCUT2D eigenvalue weighted by Gasteiger charge is 2.25. The molecule has 162 valence electrons. The van der Waals surface area contributed by atoms with Crippen LogP contribution < -0.4 is 14.9 Å². The largest absolute Gasteiger partial charge is 0.497 e. The van der Waals surface area contributed by atoms with E-state index in [1.807, 2.05) is 0 Å². The number of ketones is 1. The number of benzene rings is 3. The third-order valence-corrected chi connectivity index (χ3v) is 6.29. The third-order valence-electron chi connectivity index (χ3n) is 4.91. The van der Waals surface area contributed by atoms with E-state index < -0.39 is 15.9 Å². The number of carbonyl (C=O) groups is 2. The SMILES string of the molecule is COc1ccc(NS(=O)(=O)c2cccc(C(=O)N/N=C3\CC(=O)c4ccccc43)c2)cc1. The van der Waals surface area contributed by atoms with Crippen molar-refractivity contribution in [3.8, 4) is 5.75 Å². The molecule has 1 aliphatic rings. The Hall–Kier alpha value is -3.98. The van der Waals surface area contributed by atoms with E-state index in [9.17, 15) is 18.0 Å². The molecule has 0 heterocycles. The fourth-order valence-corrected chi connectivity index (χ4v) is 4.38. The molecule has 9 heteroatoms. The Balaban J connectivity index is 1.51. The number of hydrogen-bond acceptors (Lipinski definition) is 6. The van der Waals surface area contributed by atoms with Crippen LogP contribution in [0.5, 0.6) is 5.75 Å². The number of ether oxygens (including phenoxy) is 1. The molecule has 3 aromatic carbocycles. The number of amides is 1. The molecule has 2 N–H and O–H groups in total. The van der Waals surface area contributed by atoms with Gasteiger partial charge in [-0.05, 0) is 42.5 Å². The Morgan fingerprint density at radius 3 is 2.41 bits per heavy atom. The zero-order valence-electron chi connectivity index (χ0n) is 17.0. The molecule has 4 rings (SSSR count). The number of sulfonamides is 1. The Labute approximate surface area is 185 Å². The zero-order valence-corrected chi connectivity index (χ0v) is 17.8. The molecule has 0 spiro atoms. The number of anilines is 1. The van der Waals surface area contributed by atoms with Crippen molar-refractivity contribution >= 4 is 33.1 Å². The molecule has 1 aliphatic carbocycles. The number of methoxy groups -OCH3 is 1. The van der Waals surface area contributed by atoms with Gasteiger partial charge in [0.2, 0.25) is 0 Å². The van der Waals surface area contributed by atoms with Gasteiger partial charge in [-0.25, -0.2) is 13.8 Å². The molecule has 0 fully saturated rings. The molecule has 0 atom stereocenters. The van der Waals surface area contributed by atoms with E-state index in [4.69, 9.17) is 4.74 Å². The first-order valence-electron chi connectivity index (χ1n) is 9.64. The lowest BCUT2D eigenvalue weighted by molar-refractivity contribution is 0.0951. The van der Waals surface area contributed by atoms with Crippen molar-refractivity contribution in [3.63, 3.8) is 0 Å². The number of hydrazone groups is 1. The third kappa shape index (κ3) is 4.37. The highest BCUT2D eigenvalue weighted by Crippen LogP contribution is 2.22. The summed E-state index contributed by atoms with van der Waals surface area (Å²) in [4.78, 5) is 24.6. The second kappa shape index (κ2) is 8.64. The van der Waals surface area contributed by atoms with E-state index in [-0.39, 0.29) is 22.7 Å². The minimum absolute atomic E-state index is 0.0636. The molecule has 0 unspecified atom stereocenters. The van der Waals surface area contributed by atoms with E-state index in [0.29, 0.717) is 28.3 Å². The van der Waals surface area contributed by atoms with Crippen LogP contribution in [0.2, 0.25) is 0 Å². The fourth-order valence-electron chi connectivity index (χ4n) is 3.28. The van der Waals surface area contributed by atoms with E-state index in [1.54, 1.807) is 48.5 Å². The maximum Gasteiger partial charge on any atom is 0.271 e. The van der Waals surface area contributed by atoms with E-state index in [1.165, 1.54) is 31.4 Å². The summed E-state index contributed by atoms with van der Waals surface area (Å²) in [5.41, 5.74) is 4.59. The van der Waals surface area contributed by atoms with Crippen molar-refractivity contribution in [1.29, 1.82) is 0 Å². The standard InChI is InChI=1S/C23H19N3O5S/c1-31-17-11-9-16(10-12-17)26-32(29,30)18-6-4-5-15(13-18)23(28)25-24-21-14-22(27)20-8-3-2-7-19(20)21/h2-13,26H,14H2,1H3,(H,25,28)/b24-21+. The van der Waals surface area contributed by atoms with Gasteiger partial charge in [0, 0.05) is 22.4 Å². The monoisotopic (exact) mass is 449 g/mol. The highest BCUT2D eigenvalue weighted by molar-refractivity contribution is 7.92. The molecule has 0 saturated carbocycles. The van der Waals surface area contributed by atoms with Gasteiger partial charge >= 0.3 is 0 Å². The lowest BCUT2D eigenvalue weighted by atomic mass is 10.1. The average Bonchev–Trinajstić information content (AvgIpc) is 3.13. The van der Waals surface area contributed by atoms with Crippen molar-refractivity contribution in [3.05, 3.63) is 89.5 Å². The Kier molecular flexibility index (Phi) is 5.74. The number of nitrogens with one attached hydrogen (secondary N) is 2. The summed E-state index contributed by atoms with van der Waals surface area (Å²) in [7, 11) is -2.40. The van der Waals surface area contributed by atoms with E-state index >= 15 is 0 Å². The van der Waals surface area contributed by atoms with Gasteiger partial charge in [0.25, 0.3) is 15.9 Å². The van der Waals surface area contributed by atoms with Gasteiger partial charge in [0.05, 0.1) is 24.1 Å². The van der Waals surface area contributed by atoms with Crippen LogP contribution in [0.4, 0.5) is 5.69 Å². The summed E-state index contributed by atoms with van der Waals surface area (Å²) in [6.07, 6.45) is 0.0971. The van der Waals surface area contributed by atoms with Gasteiger partial charge in [-0.2, -0.15) is 5.10 Å². The Morgan fingerprint density at radius 2 is 1.69 bits per heavy atom. The van der Waals surface area contributed by atoms with Gasteiger partial charge in [-0.15, -0.1) is 0 Å². The molecular formula is C23H19N3O5S. The second-order valence-corrected chi connectivity index (χ2v) is 8.69. The predicted molar refractivity (Wildman–Crippen MR) is 120 cm³/mol. The Bertz CT molecular complexity index is 1330. The lowest BCUT2D eigenvalue weighted by Crippen LogP contribution is -2.20. The topological polar surface area (TPSA) is 114 Å². The molecular weight excluding hydrogens is 430 g/mol. The molecule has 0 saturated heterocycles. The summed E-state index contributed by atoms with van der Waals surface area (Å²) in [5, 5.41) is 4.09. The van der Waals surface area contributed by atoms with Gasteiger partial charge in [-0.3, -0.25) is 14.3 Å². The van der Waals surface area contributed by atoms with Crippen molar-refractivity contribution < 1.29 is 22.7 Å². The van der Waals surface area contributed by atoms with Crippen LogP contribution in [0.25, 0.3) is 0 Å². The van der Waals surface area contributed by atoms with Gasteiger partial charge in [0.1, 0.15) is 5.75 Å². The van der Waals surface area contributed by atoms with Crippen molar-refractivity contribution in [2.24, 2.45) is 5.10 Å². The molecule has 0 bridgehead atoms. The number of nitrogens with zero attached hydrogens (tertiary/aromatic N) is 1. The van der Waals surface area contributed by atoms with Crippen molar-refractivity contribution in [2.75, 3.05) is 11.8 Å². The lowest BCUT2D eigenvalue weighted by Gasteiger charge is -2.10. The normalized spacial score (nSPS) is 14.2. The first kappa shape index (κ1) is 21.3. The Morgan fingerprint density at radius 1 is 0.969 bits per heavy atom. The maximum atomic E-state index is 12.7. The first-order chi connectivity index (χ1) is 15.4. The smallest absolute Gasteiger partial charge is 0.271 e. The molecule has 3 aromatic rings. The molecule has 1 amide bonds. The van der Waals surface area contributed by atoms with Crippen LogP contribution >= 0.6 is 0 Å². The average molecular weight is 449 g/mol. The minimum atomic E-state index is -3.92. The number of Topliss-reactive ketones (excluding diaryl/α,β-unsaturated/α-hetero) is 1. The van der Waals surface area contributed by atoms with Crippen LogP contribution in [-0.4, -0.2) is 32.9 Å². The zero-order chi connectivity index (χ0) is 22.7. The second-order valence-electron chi connectivity index (χ2n) is 7.01. The summed E-state index contributed by atoms with van der Waals surface area (Å²) in [6, 6.07) is 19.1. The van der Waals surface area contributed by atoms with Crippen molar-refractivity contribution in [1.82, 2.24) is 5.43 Å². The number of rotatable bonds is 6. The quantitative estimate of drug-likeness (QED) is 0.561. The maximum absolute atomic E-state index is 12.7. The van der Waals surface area contributed by atoms with Crippen LogP contribution in [0.1, 0.15) is 32.7 Å². The van der Waals surface area contributed by atoms with E-state index in [2.05, 4.69) is 15.2 Å². The van der Waals surface area contributed by atoms with Crippen molar-refractivity contribution in [2.45, 2.75) is 11.3 Å². The van der Waals surface area contributed by atoms with Crippen LogP contribution in [0.3, 0.4) is 0 Å². The summed E-state index contributed by atoms with van der Waals surface area (Å²) in [5.74, 6) is -0.0538. The summed E-state index contributed by atoms with van der Waals surface area (Å²) < 4.78 is 33.0. The van der Waals surface area contributed by atoms with E-state index in [0.717, 1.165) is 0 Å². The van der Waals surface area contributed by atoms with Crippen LogP contribution in [0, 0.1) is 0 Å². The minimum Gasteiger partial charge on any atom is -0.497 e. The van der Waals surface area contributed by atoms with Crippen LogP contribution in [-0.2, 0) is 10.0 Å². The molecule has 0 aliphatic heterocycles. The van der Waals surface area contributed by atoms with Gasteiger partial charge < -0.3 is 4.74 Å². The van der Waals surface area contributed by atoms with Crippen LogP contribution in [0.15, 0.2) is 82.8 Å². The fraction of sp³-hybridized carbons (Fsp3) is 0.0870. The number of carbonyl (C=O) groups excluding carboxylic acids is 2. The van der Waals surface area contributed by atoms with Gasteiger partial charge in [-0.1, -0.05) is 30.3 Å². The first-order valence-corrected chi connectivity index (χ1v) is 11.1. The summed E-state index contributed by atoms with van der Waals surface area (Å²) in [6.45, 7) is 0. The number of fused-ring (bicyclic) bond motifs is 1.